The van der Waals surface area contributed by atoms with Gasteiger partial charge in [0.25, 0.3) is 5.91 Å². The number of amides is 1. The molecule has 0 aromatic carbocycles. The topological polar surface area (TPSA) is 46.3 Å². The second-order valence-corrected chi connectivity index (χ2v) is 5.85. The Bertz CT molecular complexity index is 406. The minimum absolute atomic E-state index is 0.132. The summed E-state index contributed by atoms with van der Waals surface area (Å²) < 4.78 is 0. The zero-order chi connectivity index (χ0) is 12.4. The van der Waals surface area contributed by atoms with E-state index in [0.717, 1.165) is 37.1 Å². The van der Waals surface area contributed by atoms with Gasteiger partial charge in [0.2, 0.25) is 0 Å². The maximum Gasteiger partial charge on any atom is 0.257 e. The van der Waals surface area contributed by atoms with Gasteiger partial charge < -0.3 is 10.6 Å². The third-order valence-corrected chi connectivity index (χ3v) is 4.16. The van der Waals surface area contributed by atoms with Crippen LogP contribution < -0.4 is 5.73 Å². The molecule has 2 N–H and O–H groups in total. The van der Waals surface area contributed by atoms with Crippen LogP contribution in [0.4, 0.5) is 5.00 Å². The van der Waals surface area contributed by atoms with Crippen LogP contribution in [0.2, 0.25) is 0 Å². The number of hydrogen-bond acceptors (Lipinski definition) is 3. The standard InChI is InChI=1S/C13H20N2OS/c1-9(2)10-8-17-12(14)11(10)13(16)15-6-4-3-5-7-15/h8-9H,3-7,14H2,1-2H3. The highest BCUT2D eigenvalue weighted by molar-refractivity contribution is 7.14. The Balaban J connectivity index is 2.26. The molecule has 0 aliphatic carbocycles. The van der Waals surface area contributed by atoms with Gasteiger partial charge in [0, 0.05) is 13.1 Å². The summed E-state index contributed by atoms with van der Waals surface area (Å²) in [5.74, 6) is 0.486. The highest BCUT2D eigenvalue weighted by Gasteiger charge is 2.25. The molecule has 0 saturated carbocycles. The maximum atomic E-state index is 12.5. The molecule has 1 aliphatic rings. The number of thiophene rings is 1. The molecular weight excluding hydrogens is 232 g/mol. The van der Waals surface area contributed by atoms with Gasteiger partial charge in [-0.05, 0) is 36.1 Å². The summed E-state index contributed by atoms with van der Waals surface area (Å²) in [6, 6.07) is 0. The first kappa shape index (κ1) is 12.4. The van der Waals surface area contributed by atoms with Crippen molar-refractivity contribution in [3.05, 3.63) is 16.5 Å². The SMILES string of the molecule is CC(C)c1csc(N)c1C(=O)N1CCCCC1. The minimum Gasteiger partial charge on any atom is -0.390 e. The fourth-order valence-corrected chi connectivity index (χ4v) is 3.26. The molecule has 4 heteroatoms. The van der Waals surface area contributed by atoms with Crippen LogP contribution in [0.5, 0.6) is 0 Å². The summed E-state index contributed by atoms with van der Waals surface area (Å²) in [4.78, 5) is 14.4. The van der Waals surface area contributed by atoms with E-state index in [1.807, 2.05) is 10.3 Å². The Kier molecular flexibility index (Phi) is 3.72. The summed E-state index contributed by atoms with van der Waals surface area (Å²) in [5, 5.41) is 2.70. The van der Waals surface area contributed by atoms with E-state index in [4.69, 9.17) is 5.73 Å². The van der Waals surface area contributed by atoms with Crippen molar-refractivity contribution in [2.75, 3.05) is 18.8 Å². The van der Waals surface area contributed by atoms with Crippen LogP contribution in [0.15, 0.2) is 5.38 Å². The van der Waals surface area contributed by atoms with Crippen LogP contribution in [-0.4, -0.2) is 23.9 Å². The number of nitrogen functional groups attached to an aromatic ring is 1. The molecule has 1 amide bonds. The van der Waals surface area contributed by atoms with Crippen LogP contribution in [0.25, 0.3) is 0 Å². The summed E-state index contributed by atoms with van der Waals surface area (Å²) in [5.41, 5.74) is 7.81. The van der Waals surface area contributed by atoms with Crippen molar-refractivity contribution in [1.82, 2.24) is 4.90 Å². The quantitative estimate of drug-likeness (QED) is 0.879. The number of likely N-dealkylation sites (tertiary alicyclic amines) is 1. The van der Waals surface area contributed by atoms with Crippen molar-refractivity contribution in [3.8, 4) is 0 Å². The van der Waals surface area contributed by atoms with Crippen molar-refractivity contribution in [1.29, 1.82) is 0 Å². The lowest BCUT2D eigenvalue weighted by molar-refractivity contribution is 0.0724. The van der Waals surface area contributed by atoms with Crippen molar-refractivity contribution in [3.63, 3.8) is 0 Å². The highest BCUT2D eigenvalue weighted by atomic mass is 32.1. The molecule has 0 radical (unpaired) electrons. The average molecular weight is 252 g/mol. The molecular formula is C13H20N2OS. The average Bonchev–Trinajstić information content (AvgIpc) is 2.71. The molecule has 1 aliphatic heterocycles. The van der Waals surface area contributed by atoms with Gasteiger partial charge in [-0.3, -0.25) is 4.79 Å². The van der Waals surface area contributed by atoms with Crippen LogP contribution in [-0.2, 0) is 0 Å². The van der Waals surface area contributed by atoms with E-state index in [1.54, 1.807) is 0 Å². The highest BCUT2D eigenvalue weighted by Crippen LogP contribution is 2.32. The smallest absolute Gasteiger partial charge is 0.257 e. The largest absolute Gasteiger partial charge is 0.390 e. The van der Waals surface area contributed by atoms with Gasteiger partial charge in [-0.2, -0.15) is 0 Å². The summed E-state index contributed by atoms with van der Waals surface area (Å²) in [6.07, 6.45) is 3.47. The van der Waals surface area contributed by atoms with Crippen LogP contribution >= 0.6 is 11.3 Å². The molecule has 1 aromatic heterocycles. The predicted octanol–water partition coefficient (Wildman–Crippen LogP) is 3.08. The number of nitrogens with two attached hydrogens (primary N) is 1. The molecule has 0 bridgehead atoms. The van der Waals surface area contributed by atoms with Crippen molar-refractivity contribution < 1.29 is 4.79 Å². The van der Waals surface area contributed by atoms with E-state index < -0.39 is 0 Å². The molecule has 94 valence electrons. The number of rotatable bonds is 2. The van der Waals surface area contributed by atoms with E-state index in [9.17, 15) is 4.79 Å². The van der Waals surface area contributed by atoms with Gasteiger partial charge in [-0.1, -0.05) is 13.8 Å². The number of nitrogens with zero attached hydrogens (tertiary/aromatic N) is 1. The molecule has 0 spiro atoms. The Morgan fingerprint density at radius 3 is 2.59 bits per heavy atom. The lowest BCUT2D eigenvalue weighted by atomic mass is 10.00. The molecule has 0 unspecified atom stereocenters. The molecule has 0 atom stereocenters. The van der Waals surface area contributed by atoms with Crippen LogP contribution in [0.3, 0.4) is 0 Å². The number of piperidine rings is 1. The number of anilines is 1. The lowest BCUT2D eigenvalue weighted by Crippen LogP contribution is -2.36. The number of carbonyl (C=O) groups is 1. The summed E-state index contributed by atoms with van der Waals surface area (Å²) >= 11 is 1.48. The van der Waals surface area contributed by atoms with Gasteiger partial charge in [0.15, 0.2) is 0 Å². The van der Waals surface area contributed by atoms with E-state index in [1.165, 1.54) is 17.8 Å². The molecule has 1 saturated heterocycles. The van der Waals surface area contributed by atoms with Crippen LogP contribution in [0.1, 0.15) is 54.9 Å². The van der Waals surface area contributed by atoms with Gasteiger partial charge in [-0.25, -0.2) is 0 Å². The van der Waals surface area contributed by atoms with Crippen molar-refractivity contribution in [2.24, 2.45) is 0 Å². The number of hydrogen-bond donors (Lipinski definition) is 1. The molecule has 1 aromatic rings. The lowest BCUT2D eigenvalue weighted by Gasteiger charge is -2.27. The Morgan fingerprint density at radius 1 is 1.35 bits per heavy atom. The molecule has 3 nitrogen and oxygen atoms in total. The van der Waals surface area contributed by atoms with Crippen molar-refractivity contribution in [2.45, 2.75) is 39.0 Å². The Morgan fingerprint density at radius 2 is 2.00 bits per heavy atom. The first-order valence-electron chi connectivity index (χ1n) is 6.27. The van der Waals surface area contributed by atoms with Crippen LogP contribution in [0, 0.1) is 0 Å². The monoisotopic (exact) mass is 252 g/mol. The van der Waals surface area contributed by atoms with E-state index >= 15 is 0 Å². The Hall–Kier alpha value is -1.03. The second kappa shape index (κ2) is 5.08. The van der Waals surface area contributed by atoms with Gasteiger partial charge in [0.05, 0.1) is 10.6 Å². The van der Waals surface area contributed by atoms with Crippen molar-refractivity contribution >= 4 is 22.2 Å². The van der Waals surface area contributed by atoms with Gasteiger partial charge in [0.1, 0.15) is 0 Å². The third kappa shape index (κ3) is 2.46. The summed E-state index contributed by atoms with van der Waals surface area (Å²) in [7, 11) is 0. The molecule has 2 rings (SSSR count). The van der Waals surface area contributed by atoms with Gasteiger partial charge in [-0.15, -0.1) is 11.3 Å². The fraction of sp³-hybridized carbons (Fsp3) is 0.615. The summed E-state index contributed by atoms with van der Waals surface area (Å²) in [6.45, 7) is 5.97. The molecule has 17 heavy (non-hydrogen) atoms. The second-order valence-electron chi connectivity index (χ2n) is 4.94. The van der Waals surface area contributed by atoms with E-state index in [2.05, 4.69) is 13.8 Å². The maximum absolute atomic E-state index is 12.5. The predicted molar refractivity (Wildman–Crippen MR) is 72.6 cm³/mol. The fourth-order valence-electron chi connectivity index (χ4n) is 2.30. The van der Waals surface area contributed by atoms with E-state index in [-0.39, 0.29) is 5.91 Å². The van der Waals surface area contributed by atoms with Gasteiger partial charge >= 0.3 is 0 Å². The Labute approximate surface area is 107 Å². The normalized spacial score (nSPS) is 16.5. The van der Waals surface area contributed by atoms with E-state index in [0.29, 0.717) is 10.9 Å². The minimum atomic E-state index is 0.132. The molecule has 1 fully saturated rings. The molecule has 2 heterocycles. The first-order chi connectivity index (χ1) is 8.11. The zero-order valence-electron chi connectivity index (χ0n) is 10.5. The zero-order valence-corrected chi connectivity index (χ0v) is 11.3. The third-order valence-electron chi connectivity index (χ3n) is 3.33. The number of carbonyl (C=O) groups excluding carboxylic acids is 1. The first-order valence-corrected chi connectivity index (χ1v) is 7.15.